The van der Waals surface area contributed by atoms with Crippen LogP contribution in [-0.4, -0.2) is 56.0 Å². The summed E-state index contributed by atoms with van der Waals surface area (Å²) in [6, 6.07) is 15.8. The van der Waals surface area contributed by atoms with Crippen molar-refractivity contribution >= 4 is 17.4 Å². The van der Waals surface area contributed by atoms with Crippen LogP contribution < -0.4 is 26.6 Å². The van der Waals surface area contributed by atoms with Gasteiger partial charge in [0.2, 0.25) is 0 Å². The van der Waals surface area contributed by atoms with Crippen LogP contribution in [0.15, 0.2) is 64.2 Å². The van der Waals surface area contributed by atoms with Crippen molar-refractivity contribution in [3.8, 4) is 5.75 Å². The molecule has 0 atom stereocenters. The third-order valence-electron chi connectivity index (χ3n) is 5.09. The van der Waals surface area contributed by atoms with Gasteiger partial charge < -0.3 is 19.9 Å². The second-order valence-corrected chi connectivity index (χ2v) is 7.35. The number of hydrogen-bond acceptors (Lipinski definition) is 7. The van der Waals surface area contributed by atoms with Gasteiger partial charge in [-0.05, 0) is 17.7 Å². The first-order valence-electron chi connectivity index (χ1n) is 10.7. The van der Waals surface area contributed by atoms with Crippen LogP contribution in [-0.2, 0) is 16.0 Å². The third-order valence-corrected chi connectivity index (χ3v) is 5.09. The molecule has 0 radical (unpaired) electrons. The zero-order valence-electron chi connectivity index (χ0n) is 19.2. The quantitative estimate of drug-likeness (QED) is 0.408. The summed E-state index contributed by atoms with van der Waals surface area (Å²) in [4.78, 5) is 42.5. The van der Waals surface area contributed by atoms with Gasteiger partial charge in [-0.3, -0.25) is 24.0 Å². The molecule has 3 aromatic rings. The van der Waals surface area contributed by atoms with E-state index in [4.69, 9.17) is 19.9 Å². The Balaban J connectivity index is 2.07. The molecule has 1 heterocycles. The average molecular weight is 469 g/mol. The van der Waals surface area contributed by atoms with Gasteiger partial charge in [0.25, 0.3) is 11.5 Å². The highest BCUT2D eigenvalue weighted by molar-refractivity contribution is 6.08. The Morgan fingerprint density at radius 3 is 2.35 bits per heavy atom. The smallest absolute Gasteiger partial charge is 0.330 e. The van der Waals surface area contributed by atoms with Gasteiger partial charge in [0.1, 0.15) is 18.2 Å². The number of nitrogens with two attached hydrogens (primary N) is 1. The summed E-state index contributed by atoms with van der Waals surface area (Å²) in [7, 11) is 3.03. The number of carbonyl (C=O) groups excluding carboxylic acids is 1. The third kappa shape index (κ3) is 5.72. The number of H-pyrrole nitrogens is 1. The molecule has 180 valence electrons. The number of rotatable bonds is 11. The Labute approximate surface area is 196 Å². The lowest BCUT2D eigenvalue weighted by Gasteiger charge is -2.25. The first kappa shape index (κ1) is 24.7. The molecule has 0 unspecified atom stereocenters. The number of carbonyl (C=O) groups is 1. The number of aromatic nitrogens is 2. The molecule has 3 N–H and O–H groups in total. The number of aromatic amines is 1. The second kappa shape index (κ2) is 11.8. The van der Waals surface area contributed by atoms with Crippen LogP contribution in [0.4, 0.5) is 11.5 Å². The van der Waals surface area contributed by atoms with E-state index < -0.39 is 17.2 Å². The van der Waals surface area contributed by atoms with Gasteiger partial charge in [0.15, 0.2) is 5.69 Å². The average Bonchev–Trinajstić information content (AvgIpc) is 2.84. The van der Waals surface area contributed by atoms with Crippen molar-refractivity contribution in [2.45, 2.75) is 6.54 Å². The zero-order valence-corrected chi connectivity index (χ0v) is 19.2. The standard InChI is InChI=1S/C24H28N4O6/c1-32-13-12-27(23(30)18-10-6-7-11-19(18)34-15-14-33-2)20-21(25)28(24(31)26-22(20)29)16-17-8-4-3-5-9-17/h3-11H,12-16,25H2,1-2H3,(H,26,29,31). The molecule has 10 nitrogen and oxygen atoms in total. The summed E-state index contributed by atoms with van der Waals surface area (Å²) >= 11 is 0. The number of nitrogens with one attached hydrogen (secondary N) is 1. The van der Waals surface area contributed by atoms with E-state index in [0.29, 0.717) is 12.4 Å². The molecule has 0 bridgehead atoms. The number of nitrogens with zero attached hydrogens (tertiary/aromatic N) is 2. The summed E-state index contributed by atoms with van der Waals surface area (Å²) in [6.07, 6.45) is 0. The molecule has 1 amide bonds. The van der Waals surface area contributed by atoms with Gasteiger partial charge in [0.05, 0.1) is 25.3 Å². The van der Waals surface area contributed by atoms with E-state index >= 15 is 0 Å². The Morgan fingerprint density at radius 1 is 0.971 bits per heavy atom. The van der Waals surface area contributed by atoms with E-state index in [0.717, 1.165) is 5.56 Å². The van der Waals surface area contributed by atoms with Crippen molar-refractivity contribution in [2.24, 2.45) is 0 Å². The normalized spacial score (nSPS) is 10.8. The molecule has 1 aromatic heterocycles. The number of ether oxygens (including phenoxy) is 3. The highest BCUT2D eigenvalue weighted by atomic mass is 16.5. The molecule has 0 saturated carbocycles. The number of benzene rings is 2. The Morgan fingerprint density at radius 2 is 1.65 bits per heavy atom. The number of amides is 1. The maximum Gasteiger partial charge on any atom is 0.330 e. The van der Waals surface area contributed by atoms with Gasteiger partial charge in [0, 0.05) is 20.8 Å². The maximum absolute atomic E-state index is 13.6. The number of anilines is 2. The largest absolute Gasteiger partial charge is 0.490 e. The van der Waals surface area contributed by atoms with Gasteiger partial charge in [-0.15, -0.1) is 0 Å². The lowest BCUT2D eigenvalue weighted by atomic mass is 10.1. The predicted molar refractivity (Wildman–Crippen MR) is 129 cm³/mol. The van der Waals surface area contributed by atoms with Crippen LogP contribution in [0.3, 0.4) is 0 Å². The molecular formula is C24H28N4O6. The predicted octanol–water partition coefficient (Wildman–Crippen LogP) is 1.49. The fourth-order valence-electron chi connectivity index (χ4n) is 3.41. The van der Waals surface area contributed by atoms with Crippen LogP contribution in [0.1, 0.15) is 15.9 Å². The number of para-hydroxylation sites is 1. The summed E-state index contributed by atoms with van der Waals surface area (Å²) in [5.41, 5.74) is 5.78. The van der Waals surface area contributed by atoms with E-state index in [2.05, 4.69) is 4.98 Å². The molecule has 0 aliphatic heterocycles. The monoisotopic (exact) mass is 468 g/mol. The molecule has 0 fully saturated rings. The Kier molecular flexibility index (Phi) is 8.60. The van der Waals surface area contributed by atoms with Crippen LogP contribution in [0.2, 0.25) is 0 Å². The molecule has 0 spiro atoms. The molecule has 2 aromatic carbocycles. The van der Waals surface area contributed by atoms with E-state index in [-0.39, 0.29) is 43.4 Å². The van der Waals surface area contributed by atoms with Crippen molar-refractivity contribution in [1.29, 1.82) is 0 Å². The minimum atomic E-state index is -0.769. The van der Waals surface area contributed by atoms with Gasteiger partial charge in [-0.1, -0.05) is 42.5 Å². The van der Waals surface area contributed by atoms with Crippen LogP contribution in [0, 0.1) is 0 Å². The van der Waals surface area contributed by atoms with Crippen molar-refractivity contribution < 1.29 is 19.0 Å². The SMILES string of the molecule is COCCOc1ccccc1C(=O)N(CCOC)c1c(N)n(Cc2ccccc2)c(=O)[nH]c1=O. The first-order chi connectivity index (χ1) is 16.5. The topological polar surface area (TPSA) is 129 Å². The number of nitrogen functional groups attached to an aromatic ring is 1. The lowest BCUT2D eigenvalue weighted by molar-refractivity contribution is 0.0967. The van der Waals surface area contributed by atoms with Crippen molar-refractivity contribution in [2.75, 3.05) is 51.2 Å². The van der Waals surface area contributed by atoms with Gasteiger partial charge in [-0.2, -0.15) is 0 Å². The number of methoxy groups -OCH3 is 2. The molecule has 34 heavy (non-hydrogen) atoms. The van der Waals surface area contributed by atoms with E-state index in [1.165, 1.54) is 16.6 Å². The summed E-state index contributed by atoms with van der Waals surface area (Å²) in [5, 5.41) is 0. The summed E-state index contributed by atoms with van der Waals surface area (Å²) in [5.74, 6) is -0.313. The highest BCUT2D eigenvalue weighted by Crippen LogP contribution is 2.25. The van der Waals surface area contributed by atoms with E-state index in [1.807, 2.05) is 30.3 Å². The molecule has 10 heteroatoms. The molecule has 0 aliphatic rings. The van der Waals surface area contributed by atoms with Crippen molar-refractivity contribution in [3.05, 3.63) is 86.6 Å². The van der Waals surface area contributed by atoms with E-state index in [1.54, 1.807) is 31.4 Å². The first-order valence-corrected chi connectivity index (χ1v) is 10.7. The van der Waals surface area contributed by atoms with E-state index in [9.17, 15) is 14.4 Å². The molecule has 0 saturated heterocycles. The van der Waals surface area contributed by atoms with Crippen molar-refractivity contribution in [3.63, 3.8) is 0 Å². The fourth-order valence-corrected chi connectivity index (χ4v) is 3.41. The van der Waals surface area contributed by atoms with Crippen LogP contribution in [0.25, 0.3) is 0 Å². The minimum absolute atomic E-state index is 0.0263. The van der Waals surface area contributed by atoms with Crippen LogP contribution in [0.5, 0.6) is 5.75 Å². The Bertz CT molecular complexity index is 1220. The number of hydrogen-bond donors (Lipinski definition) is 2. The van der Waals surface area contributed by atoms with Gasteiger partial charge >= 0.3 is 5.69 Å². The molecule has 0 aliphatic carbocycles. The van der Waals surface area contributed by atoms with Gasteiger partial charge in [-0.25, -0.2) is 4.79 Å². The minimum Gasteiger partial charge on any atom is -0.490 e. The second-order valence-electron chi connectivity index (χ2n) is 7.35. The fraction of sp³-hybridized carbons (Fsp3) is 0.292. The van der Waals surface area contributed by atoms with Crippen LogP contribution >= 0.6 is 0 Å². The lowest BCUT2D eigenvalue weighted by Crippen LogP contribution is -2.42. The zero-order chi connectivity index (χ0) is 24.5. The maximum atomic E-state index is 13.6. The molecular weight excluding hydrogens is 440 g/mol. The highest BCUT2D eigenvalue weighted by Gasteiger charge is 2.27. The summed E-state index contributed by atoms with van der Waals surface area (Å²) < 4.78 is 17.1. The Hall–Kier alpha value is -3.89. The van der Waals surface area contributed by atoms with Crippen molar-refractivity contribution in [1.82, 2.24) is 9.55 Å². The summed E-state index contributed by atoms with van der Waals surface area (Å²) in [6.45, 7) is 0.864. The molecule has 3 rings (SSSR count).